The summed E-state index contributed by atoms with van der Waals surface area (Å²) in [5, 5.41) is 2.79. The second kappa shape index (κ2) is 9.15. The molecule has 1 amide bonds. The van der Waals surface area contributed by atoms with E-state index in [2.05, 4.69) is 5.32 Å². The quantitative estimate of drug-likeness (QED) is 0.593. The maximum absolute atomic E-state index is 13.2. The summed E-state index contributed by atoms with van der Waals surface area (Å²) in [4.78, 5) is 25.1. The first-order valence-electron chi connectivity index (χ1n) is 11.2. The van der Waals surface area contributed by atoms with Crippen LogP contribution in [0.3, 0.4) is 0 Å². The highest BCUT2D eigenvalue weighted by atomic mass is 32.2. The maximum atomic E-state index is 13.2. The number of aryl methyl sites for hydroxylation is 1. The Morgan fingerprint density at radius 1 is 1.12 bits per heavy atom. The zero-order valence-electron chi connectivity index (χ0n) is 19.1. The smallest absolute Gasteiger partial charge is 0.408 e. The molecule has 3 aromatic rings. The summed E-state index contributed by atoms with van der Waals surface area (Å²) in [5.74, 6) is -0.524. The molecule has 2 aromatic carbocycles. The molecule has 176 valence electrons. The number of nitrogens with zero attached hydrogens (tertiary/aromatic N) is 2. The minimum atomic E-state index is -3.71. The van der Waals surface area contributed by atoms with E-state index in [9.17, 15) is 18.0 Å². The summed E-state index contributed by atoms with van der Waals surface area (Å²) in [6.07, 6.45) is 1.84. The fourth-order valence-electron chi connectivity index (χ4n) is 4.52. The molecule has 0 aliphatic carbocycles. The second-order valence-electron chi connectivity index (χ2n) is 8.95. The number of nitrogens with one attached hydrogen (secondary N) is 1. The van der Waals surface area contributed by atoms with E-state index < -0.39 is 15.8 Å². The molecule has 0 unspecified atom stereocenters. The van der Waals surface area contributed by atoms with E-state index in [1.807, 2.05) is 39.0 Å². The second-order valence-corrected chi connectivity index (χ2v) is 10.9. The summed E-state index contributed by atoms with van der Waals surface area (Å²) in [6, 6.07) is 11.9. The van der Waals surface area contributed by atoms with E-state index >= 15 is 0 Å². The van der Waals surface area contributed by atoms with Crippen molar-refractivity contribution in [2.45, 2.75) is 45.1 Å². The van der Waals surface area contributed by atoms with Crippen LogP contribution in [-0.2, 0) is 27.8 Å². The fraction of sp³-hybridized carbons (Fsp3) is 0.417. The Balaban J connectivity index is 1.57. The lowest BCUT2D eigenvalue weighted by atomic mass is 9.94. The van der Waals surface area contributed by atoms with Gasteiger partial charge in [-0.05, 0) is 54.5 Å². The van der Waals surface area contributed by atoms with E-state index in [0.717, 1.165) is 18.4 Å². The van der Waals surface area contributed by atoms with Gasteiger partial charge in [0.2, 0.25) is 15.9 Å². The average Bonchev–Trinajstić information content (AvgIpc) is 3.07. The van der Waals surface area contributed by atoms with Crippen LogP contribution in [0.15, 0.2) is 56.6 Å². The van der Waals surface area contributed by atoms with Gasteiger partial charge in [0.1, 0.15) is 6.54 Å². The molecule has 33 heavy (non-hydrogen) atoms. The third-order valence-corrected chi connectivity index (χ3v) is 7.86. The number of carbonyl (C=O) groups is 1. The van der Waals surface area contributed by atoms with Gasteiger partial charge < -0.3 is 9.73 Å². The van der Waals surface area contributed by atoms with Gasteiger partial charge >= 0.3 is 5.76 Å². The van der Waals surface area contributed by atoms with Crippen LogP contribution < -0.4 is 11.1 Å². The maximum Gasteiger partial charge on any atom is 0.420 e. The summed E-state index contributed by atoms with van der Waals surface area (Å²) < 4.78 is 34.4. The predicted octanol–water partition coefficient (Wildman–Crippen LogP) is 3.46. The molecule has 1 fully saturated rings. The highest BCUT2D eigenvalue weighted by Gasteiger charge is 2.32. The van der Waals surface area contributed by atoms with Crippen LogP contribution in [0.5, 0.6) is 0 Å². The van der Waals surface area contributed by atoms with E-state index in [-0.39, 0.29) is 34.8 Å². The van der Waals surface area contributed by atoms with E-state index in [1.165, 1.54) is 27.1 Å². The fourth-order valence-corrected chi connectivity index (χ4v) is 6.22. The predicted molar refractivity (Wildman–Crippen MR) is 127 cm³/mol. The molecule has 0 spiro atoms. The molecule has 8 nitrogen and oxygen atoms in total. The Kier molecular flexibility index (Phi) is 6.45. The molecule has 1 saturated heterocycles. The van der Waals surface area contributed by atoms with Gasteiger partial charge in [0, 0.05) is 24.8 Å². The minimum absolute atomic E-state index is 0.0815. The molecule has 0 saturated carbocycles. The van der Waals surface area contributed by atoms with Gasteiger partial charge in [0.05, 0.1) is 10.4 Å². The first-order chi connectivity index (χ1) is 15.7. The van der Waals surface area contributed by atoms with Crippen molar-refractivity contribution in [2.75, 3.05) is 18.4 Å². The molecular formula is C24H29N3O5S. The molecule has 4 rings (SSSR count). The summed E-state index contributed by atoms with van der Waals surface area (Å²) in [6.45, 7) is 6.81. The number of oxazole rings is 1. The normalized spacial score (nSPS) is 19.6. The largest absolute Gasteiger partial charge is 0.420 e. The van der Waals surface area contributed by atoms with Crippen molar-refractivity contribution >= 4 is 32.7 Å². The van der Waals surface area contributed by atoms with Crippen LogP contribution in [0.1, 0.15) is 32.8 Å². The van der Waals surface area contributed by atoms with Crippen LogP contribution in [0, 0.1) is 11.8 Å². The SMILES string of the molecule is CCc1cccc(NC(=O)Cn2c(=O)oc3cc(S(=O)(=O)N4C[C@H](C)C[C@H](C)C4)ccc32)c1. The standard InChI is InChI=1S/C24H29N3O5S/c1-4-18-6-5-7-19(11-18)25-23(28)15-27-21-9-8-20(12-22(21)32-24(27)29)33(30,31)26-13-16(2)10-17(3)14-26/h5-9,11-12,16-17H,4,10,13-15H2,1-3H3,(H,25,28)/t16-,17+. The van der Waals surface area contributed by atoms with Gasteiger partial charge in [-0.15, -0.1) is 0 Å². The zero-order chi connectivity index (χ0) is 23.8. The molecule has 9 heteroatoms. The molecule has 1 aromatic heterocycles. The lowest BCUT2D eigenvalue weighted by molar-refractivity contribution is -0.116. The number of anilines is 1. The topological polar surface area (TPSA) is 102 Å². The molecule has 0 radical (unpaired) electrons. The lowest BCUT2D eigenvalue weighted by Crippen LogP contribution is -2.42. The van der Waals surface area contributed by atoms with Crippen LogP contribution in [-0.4, -0.2) is 36.3 Å². The van der Waals surface area contributed by atoms with E-state index in [4.69, 9.17) is 4.42 Å². The van der Waals surface area contributed by atoms with Crippen LogP contribution in [0.2, 0.25) is 0 Å². The van der Waals surface area contributed by atoms with Gasteiger partial charge in [-0.1, -0.05) is 32.9 Å². The van der Waals surface area contributed by atoms with Gasteiger partial charge in [-0.3, -0.25) is 9.36 Å². The first-order valence-corrected chi connectivity index (χ1v) is 12.6. The van der Waals surface area contributed by atoms with Gasteiger partial charge in [-0.2, -0.15) is 4.31 Å². The van der Waals surface area contributed by atoms with Crippen molar-refractivity contribution < 1.29 is 17.6 Å². The first kappa shape index (κ1) is 23.3. The third-order valence-electron chi connectivity index (χ3n) is 6.03. The van der Waals surface area contributed by atoms with Crippen molar-refractivity contribution in [1.29, 1.82) is 0 Å². The summed E-state index contributed by atoms with van der Waals surface area (Å²) >= 11 is 0. The lowest BCUT2D eigenvalue weighted by Gasteiger charge is -2.34. The molecular weight excluding hydrogens is 442 g/mol. The number of hydrogen-bond donors (Lipinski definition) is 1. The monoisotopic (exact) mass is 471 g/mol. The number of fused-ring (bicyclic) bond motifs is 1. The number of hydrogen-bond acceptors (Lipinski definition) is 5. The molecule has 1 aliphatic heterocycles. The number of sulfonamides is 1. The van der Waals surface area contributed by atoms with Crippen molar-refractivity contribution in [3.05, 3.63) is 58.6 Å². The Bertz CT molecular complexity index is 1330. The summed E-state index contributed by atoms with van der Waals surface area (Å²) in [7, 11) is -3.71. The highest BCUT2D eigenvalue weighted by molar-refractivity contribution is 7.89. The zero-order valence-corrected chi connectivity index (χ0v) is 19.9. The number of rotatable bonds is 6. The molecule has 0 bridgehead atoms. The molecule has 1 N–H and O–H groups in total. The Hall–Kier alpha value is -2.91. The average molecular weight is 472 g/mol. The van der Waals surface area contributed by atoms with Gasteiger partial charge in [0.15, 0.2) is 5.58 Å². The number of carbonyl (C=O) groups excluding carboxylic acids is 1. The van der Waals surface area contributed by atoms with Crippen LogP contribution in [0.4, 0.5) is 5.69 Å². The number of piperidine rings is 1. The number of benzene rings is 2. The van der Waals surface area contributed by atoms with Crippen LogP contribution in [0.25, 0.3) is 11.1 Å². The van der Waals surface area contributed by atoms with Crippen molar-refractivity contribution in [3.8, 4) is 0 Å². The number of aromatic nitrogens is 1. The Morgan fingerprint density at radius 3 is 2.55 bits per heavy atom. The molecule has 2 atom stereocenters. The summed E-state index contributed by atoms with van der Waals surface area (Å²) in [5.41, 5.74) is 2.25. The highest BCUT2D eigenvalue weighted by Crippen LogP contribution is 2.28. The van der Waals surface area contributed by atoms with Crippen LogP contribution >= 0.6 is 0 Å². The van der Waals surface area contributed by atoms with E-state index in [0.29, 0.717) is 24.3 Å². The molecule has 2 heterocycles. The Labute approximate surface area is 193 Å². The Morgan fingerprint density at radius 2 is 1.85 bits per heavy atom. The van der Waals surface area contributed by atoms with Crippen molar-refractivity contribution in [2.24, 2.45) is 11.8 Å². The van der Waals surface area contributed by atoms with Gasteiger partial charge in [0.25, 0.3) is 0 Å². The van der Waals surface area contributed by atoms with E-state index in [1.54, 1.807) is 6.07 Å². The van der Waals surface area contributed by atoms with Crippen molar-refractivity contribution in [3.63, 3.8) is 0 Å². The number of amides is 1. The minimum Gasteiger partial charge on any atom is -0.408 e. The van der Waals surface area contributed by atoms with Crippen molar-refractivity contribution in [1.82, 2.24) is 8.87 Å². The molecule has 1 aliphatic rings. The van der Waals surface area contributed by atoms with Gasteiger partial charge in [-0.25, -0.2) is 13.2 Å². The third kappa shape index (κ3) is 4.89.